The lowest BCUT2D eigenvalue weighted by atomic mass is 10.0. The number of carboxylic acid groups (broad SMARTS) is 1. The average Bonchev–Trinajstić information content (AvgIpc) is 2.80. The fourth-order valence-corrected chi connectivity index (χ4v) is 2.78. The Balaban J connectivity index is 2.54. The number of hydrogen-bond acceptors (Lipinski definition) is 3. The van der Waals surface area contributed by atoms with Crippen molar-refractivity contribution in [1.82, 2.24) is 14.5 Å². The van der Waals surface area contributed by atoms with Crippen molar-refractivity contribution in [1.29, 1.82) is 0 Å². The molecule has 0 aliphatic heterocycles. The highest BCUT2D eigenvalue weighted by atomic mass is 16.4. The van der Waals surface area contributed by atoms with Gasteiger partial charge in [0.1, 0.15) is 0 Å². The zero-order valence-corrected chi connectivity index (χ0v) is 13.1. The van der Waals surface area contributed by atoms with Crippen LogP contribution in [-0.2, 0) is 0 Å². The predicted octanol–water partition coefficient (Wildman–Crippen LogP) is 2.88. The zero-order chi connectivity index (χ0) is 15.6. The Morgan fingerprint density at radius 3 is 2.67 bits per heavy atom. The molecular weight excluding hydrogens is 266 g/mol. The molecule has 0 aliphatic rings. The molecule has 5 nitrogen and oxygen atoms in total. The molecule has 0 saturated carbocycles. The number of hydrogen-bond donors (Lipinski definition) is 1. The van der Waals surface area contributed by atoms with E-state index in [4.69, 9.17) is 0 Å². The lowest BCUT2D eigenvalue weighted by Crippen LogP contribution is -2.25. The van der Waals surface area contributed by atoms with Gasteiger partial charge in [0.25, 0.3) is 0 Å². The van der Waals surface area contributed by atoms with Gasteiger partial charge in [-0.05, 0) is 38.6 Å². The molecule has 1 aromatic carbocycles. The molecule has 2 rings (SSSR count). The van der Waals surface area contributed by atoms with E-state index in [0.717, 1.165) is 24.0 Å². The summed E-state index contributed by atoms with van der Waals surface area (Å²) < 4.78 is 2.03. The maximum absolute atomic E-state index is 11.5. The van der Waals surface area contributed by atoms with Crippen LogP contribution in [0.4, 0.5) is 0 Å². The van der Waals surface area contributed by atoms with E-state index >= 15 is 0 Å². The first-order valence-corrected chi connectivity index (χ1v) is 7.23. The van der Waals surface area contributed by atoms with Crippen molar-refractivity contribution in [2.75, 3.05) is 20.6 Å². The second-order valence-corrected chi connectivity index (χ2v) is 6.18. The highest BCUT2D eigenvalue weighted by Crippen LogP contribution is 2.26. The van der Waals surface area contributed by atoms with Crippen molar-refractivity contribution in [3.05, 3.63) is 30.1 Å². The number of aromatic carboxylic acids is 1. The van der Waals surface area contributed by atoms with Crippen LogP contribution < -0.4 is 0 Å². The third kappa shape index (κ3) is 3.42. The minimum absolute atomic E-state index is 0.213. The van der Waals surface area contributed by atoms with Gasteiger partial charge in [-0.2, -0.15) is 0 Å². The van der Waals surface area contributed by atoms with E-state index in [1.807, 2.05) is 24.7 Å². The minimum atomic E-state index is -0.907. The van der Waals surface area contributed by atoms with E-state index < -0.39 is 5.97 Å². The lowest BCUT2D eigenvalue weighted by Gasteiger charge is -2.25. The Hall–Kier alpha value is -1.88. The van der Waals surface area contributed by atoms with Gasteiger partial charge in [0.05, 0.1) is 22.9 Å². The third-order valence-corrected chi connectivity index (χ3v) is 3.54. The van der Waals surface area contributed by atoms with Gasteiger partial charge in [0.15, 0.2) is 0 Å². The van der Waals surface area contributed by atoms with Gasteiger partial charge in [0, 0.05) is 12.6 Å². The van der Waals surface area contributed by atoms with Gasteiger partial charge in [0.2, 0.25) is 0 Å². The molecule has 1 N–H and O–H groups in total. The van der Waals surface area contributed by atoms with Crippen LogP contribution in [0, 0.1) is 5.92 Å². The maximum Gasteiger partial charge on any atom is 0.337 e. The number of benzene rings is 1. The van der Waals surface area contributed by atoms with E-state index in [2.05, 4.69) is 23.7 Å². The number of likely N-dealkylation sites (N-methyl/N-ethyl adjacent to an activating group) is 1. The molecule has 114 valence electrons. The molecule has 21 heavy (non-hydrogen) atoms. The van der Waals surface area contributed by atoms with Crippen LogP contribution in [0.3, 0.4) is 0 Å². The molecule has 0 spiro atoms. The topological polar surface area (TPSA) is 58.4 Å². The van der Waals surface area contributed by atoms with Crippen LogP contribution in [0.2, 0.25) is 0 Å². The van der Waals surface area contributed by atoms with Crippen LogP contribution in [-0.4, -0.2) is 46.2 Å². The molecule has 0 amide bonds. The Labute approximate surface area is 125 Å². The summed E-state index contributed by atoms with van der Waals surface area (Å²) in [5, 5.41) is 9.42. The maximum atomic E-state index is 11.5. The van der Waals surface area contributed by atoms with Gasteiger partial charge in [-0.15, -0.1) is 0 Å². The van der Waals surface area contributed by atoms with Crippen LogP contribution in [0.5, 0.6) is 0 Å². The van der Waals surface area contributed by atoms with E-state index in [0.29, 0.717) is 11.5 Å². The van der Waals surface area contributed by atoms with Gasteiger partial charge in [-0.25, -0.2) is 9.78 Å². The second kappa shape index (κ2) is 6.26. The summed E-state index contributed by atoms with van der Waals surface area (Å²) in [5.41, 5.74) is 1.78. The Bertz CT molecular complexity index is 621. The van der Waals surface area contributed by atoms with Gasteiger partial charge >= 0.3 is 5.97 Å². The summed E-state index contributed by atoms with van der Waals surface area (Å²) >= 11 is 0. The molecule has 2 aromatic rings. The summed E-state index contributed by atoms with van der Waals surface area (Å²) in [6, 6.07) is 5.46. The normalized spacial score (nSPS) is 13.2. The van der Waals surface area contributed by atoms with Crippen LogP contribution >= 0.6 is 0 Å². The smallest absolute Gasteiger partial charge is 0.337 e. The van der Waals surface area contributed by atoms with E-state index in [1.165, 1.54) is 0 Å². The summed E-state index contributed by atoms with van der Waals surface area (Å²) in [6.07, 6.45) is 2.76. The fraction of sp³-hybridized carbons (Fsp3) is 0.500. The molecule has 0 fully saturated rings. The van der Waals surface area contributed by atoms with Crippen molar-refractivity contribution in [3.8, 4) is 0 Å². The van der Waals surface area contributed by atoms with E-state index in [-0.39, 0.29) is 6.04 Å². The second-order valence-electron chi connectivity index (χ2n) is 6.18. The van der Waals surface area contributed by atoms with Crippen LogP contribution in [0.25, 0.3) is 11.0 Å². The van der Waals surface area contributed by atoms with Gasteiger partial charge < -0.3 is 14.6 Å². The van der Waals surface area contributed by atoms with E-state index in [9.17, 15) is 9.90 Å². The molecular formula is C16H23N3O2. The summed E-state index contributed by atoms with van der Waals surface area (Å²) in [6.45, 7) is 5.22. The molecule has 1 atom stereocenters. The van der Waals surface area contributed by atoms with Crippen molar-refractivity contribution in [2.24, 2.45) is 5.92 Å². The van der Waals surface area contributed by atoms with E-state index in [1.54, 1.807) is 18.5 Å². The predicted molar refractivity (Wildman–Crippen MR) is 83.7 cm³/mol. The molecule has 0 aliphatic carbocycles. The van der Waals surface area contributed by atoms with Crippen LogP contribution in [0.1, 0.15) is 36.7 Å². The SMILES string of the molecule is CC(C)CC(CN(C)C)n1cnc2cccc(C(=O)O)c21. The fourth-order valence-electron chi connectivity index (χ4n) is 2.78. The number of imidazole rings is 1. The Kier molecular flexibility index (Phi) is 4.63. The summed E-state index contributed by atoms with van der Waals surface area (Å²) in [4.78, 5) is 18.0. The standard InChI is InChI=1S/C16H23N3O2/c1-11(2)8-12(9-18(3)4)19-10-17-14-7-5-6-13(15(14)19)16(20)21/h5-7,10-12H,8-9H2,1-4H3,(H,20,21). The first-order chi connectivity index (χ1) is 9.90. The number of nitrogens with zero attached hydrogens (tertiary/aromatic N) is 3. The Morgan fingerprint density at radius 2 is 2.10 bits per heavy atom. The van der Waals surface area contributed by atoms with Crippen molar-refractivity contribution in [3.63, 3.8) is 0 Å². The minimum Gasteiger partial charge on any atom is -0.478 e. The lowest BCUT2D eigenvalue weighted by molar-refractivity contribution is 0.0698. The number of carbonyl (C=O) groups is 1. The van der Waals surface area contributed by atoms with Gasteiger partial charge in [-0.1, -0.05) is 19.9 Å². The highest BCUT2D eigenvalue weighted by molar-refractivity contribution is 6.01. The van der Waals surface area contributed by atoms with Crippen molar-refractivity contribution < 1.29 is 9.90 Å². The molecule has 0 saturated heterocycles. The number of fused-ring (bicyclic) bond motifs is 1. The monoisotopic (exact) mass is 289 g/mol. The number of carboxylic acids is 1. The Morgan fingerprint density at radius 1 is 1.38 bits per heavy atom. The molecule has 1 heterocycles. The first-order valence-electron chi connectivity index (χ1n) is 7.23. The molecule has 5 heteroatoms. The van der Waals surface area contributed by atoms with Crippen molar-refractivity contribution >= 4 is 17.0 Å². The largest absolute Gasteiger partial charge is 0.478 e. The number of para-hydroxylation sites is 1. The summed E-state index contributed by atoms with van der Waals surface area (Å²) in [5.74, 6) is -0.375. The average molecular weight is 289 g/mol. The summed E-state index contributed by atoms with van der Waals surface area (Å²) in [7, 11) is 4.06. The van der Waals surface area contributed by atoms with Crippen molar-refractivity contribution in [2.45, 2.75) is 26.3 Å². The third-order valence-electron chi connectivity index (χ3n) is 3.54. The van der Waals surface area contributed by atoms with Gasteiger partial charge in [-0.3, -0.25) is 0 Å². The first kappa shape index (κ1) is 15.5. The number of rotatable bonds is 6. The highest BCUT2D eigenvalue weighted by Gasteiger charge is 2.20. The molecule has 0 bridgehead atoms. The molecule has 0 radical (unpaired) electrons. The number of aromatic nitrogens is 2. The zero-order valence-electron chi connectivity index (χ0n) is 13.1. The van der Waals surface area contributed by atoms with Crippen LogP contribution in [0.15, 0.2) is 24.5 Å². The molecule has 1 unspecified atom stereocenters. The molecule has 1 aromatic heterocycles. The quantitative estimate of drug-likeness (QED) is 0.888.